The van der Waals surface area contributed by atoms with Gasteiger partial charge in [-0.25, -0.2) is 0 Å². The SMILES string of the molecule is Cc1cc(C)cc(C(O)(c2cc(C)cc(C)c2)C(O)c2ccccc2)c1. The van der Waals surface area contributed by atoms with Crippen LogP contribution in [0.1, 0.15) is 45.0 Å². The molecule has 0 saturated carbocycles. The molecule has 1 unspecified atom stereocenters. The van der Waals surface area contributed by atoms with Crippen molar-refractivity contribution in [2.24, 2.45) is 0 Å². The Labute approximate surface area is 155 Å². The van der Waals surface area contributed by atoms with Gasteiger partial charge in [0.15, 0.2) is 0 Å². The molecule has 0 aliphatic heterocycles. The molecule has 3 aromatic rings. The molecular formula is C24H26O2. The van der Waals surface area contributed by atoms with Gasteiger partial charge in [0.2, 0.25) is 0 Å². The molecule has 0 heterocycles. The molecule has 0 fully saturated rings. The predicted octanol–water partition coefficient (Wildman–Crippen LogP) is 4.89. The zero-order valence-corrected chi connectivity index (χ0v) is 15.8. The van der Waals surface area contributed by atoms with E-state index in [2.05, 4.69) is 12.1 Å². The molecule has 0 aromatic heterocycles. The van der Waals surface area contributed by atoms with Crippen LogP contribution in [0.3, 0.4) is 0 Å². The lowest BCUT2D eigenvalue weighted by Gasteiger charge is -2.35. The van der Waals surface area contributed by atoms with Gasteiger partial charge in [0.25, 0.3) is 0 Å². The Morgan fingerprint density at radius 1 is 0.654 bits per heavy atom. The third-order valence-electron chi connectivity index (χ3n) is 4.83. The van der Waals surface area contributed by atoms with Crippen molar-refractivity contribution in [1.29, 1.82) is 0 Å². The smallest absolute Gasteiger partial charge is 0.145 e. The van der Waals surface area contributed by atoms with E-state index in [9.17, 15) is 10.2 Å². The van der Waals surface area contributed by atoms with Gasteiger partial charge in [-0.3, -0.25) is 0 Å². The highest BCUT2D eigenvalue weighted by Gasteiger charge is 2.40. The predicted molar refractivity (Wildman–Crippen MR) is 106 cm³/mol. The van der Waals surface area contributed by atoms with Crippen LogP contribution >= 0.6 is 0 Å². The summed E-state index contributed by atoms with van der Waals surface area (Å²) in [7, 11) is 0. The topological polar surface area (TPSA) is 40.5 Å². The Morgan fingerprint density at radius 2 is 1.04 bits per heavy atom. The van der Waals surface area contributed by atoms with E-state index in [1.807, 2.05) is 82.3 Å². The summed E-state index contributed by atoms with van der Waals surface area (Å²) in [5.41, 5.74) is 4.80. The van der Waals surface area contributed by atoms with E-state index < -0.39 is 11.7 Å². The van der Waals surface area contributed by atoms with E-state index in [4.69, 9.17) is 0 Å². The maximum absolute atomic E-state index is 11.9. The molecule has 26 heavy (non-hydrogen) atoms. The molecule has 0 aliphatic carbocycles. The first-order valence-corrected chi connectivity index (χ1v) is 8.93. The summed E-state index contributed by atoms with van der Waals surface area (Å²) in [4.78, 5) is 0. The summed E-state index contributed by atoms with van der Waals surface area (Å²) in [6.07, 6.45) is -1.08. The van der Waals surface area contributed by atoms with Crippen LogP contribution in [0.2, 0.25) is 0 Å². The Kier molecular flexibility index (Phi) is 4.99. The van der Waals surface area contributed by atoms with E-state index in [0.29, 0.717) is 16.7 Å². The number of aryl methyl sites for hydroxylation is 4. The van der Waals surface area contributed by atoms with Gasteiger partial charge in [0, 0.05) is 0 Å². The lowest BCUT2D eigenvalue weighted by Crippen LogP contribution is -2.35. The van der Waals surface area contributed by atoms with Gasteiger partial charge in [0.1, 0.15) is 11.7 Å². The van der Waals surface area contributed by atoms with Crippen molar-refractivity contribution in [3.63, 3.8) is 0 Å². The largest absolute Gasteiger partial charge is 0.385 e. The number of aliphatic hydroxyl groups excluding tert-OH is 1. The standard InChI is InChI=1S/C24H26O2/c1-16-10-17(2)13-21(12-16)24(26,22-14-18(3)11-19(4)15-22)23(25)20-8-6-5-7-9-20/h5-15,23,25-26H,1-4H3. The van der Waals surface area contributed by atoms with Crippen LogP contribution < -0.4 is 0 Å². The van der Waals surface area contributed by atoms with Gasteiger partial charge < -0.3 is 10.2 Å². The summed E-state index contributed by atoms with van der Waals surface area (Å²) in [5.74, 6) is 0. The van der Waals surface area contributed by atoms with E-state index in [1.54, 1.807) is 0 Å². The first-order chi connectivity index (χ1) is 12.3. The highest BCUT2D eigenvalue weighted by molar-refractivity contribution is 5.45. The zero-order valence-electron chi connectivity index (χ0n) is 15.8. The fourth-order valence-electron chi connectivity index (χ4n) is 3.75. The Hall–Kier alpha value is -2.42. The average Bonchev–Trinajstić information content (AvgIpc) is 2.59. The lowest BCUT2D eigenvalue weighted by molar-refractivity contribution is -0.0518. The zero-order chi connectivity index (χ0) is 18.9. The van der Waals surface area contributed by atoms with Crippen molar-refractivity contribution >= 4 is 0 Å². The van der Waals surface area contributed by atoms with Gasteiger partial charge in [0.05, 0.1) is 0 Å². The molecule has 0 bridgehead atoms. The van der Waals surface area contributed by atoms with Crippen molar-refractivity contribution in [2.75, 3.05) is 0 Å². The second-order valence-electron chi connectivity index (χ2n) is 7.33. The number of hydrogen-bond donors (Lipinski definition) is 2. The number of benzene rings is 3. The fraction of sp³-hybridized carbons (Fsp3) is 0.250. The van der Waals surface area contributed by atoms with E-state index >= 15 is 0 Å². The minimum Gasteiger partial charge on any atom is -0.385 e. The minimum absolute atomic E-state index is 0.688. The Balaban J connectivity index is 2.27. The molecule has 0 radical (unpaired) electrons. The third kappa shape index (κ3) is 3.44. The number of aliphatic hydroxyl groups is 2. The number of rotatable bonds is 4. The summed E-state index contributed by atoms with van der Waals surface area (Å²) in [5, 5.41) is 23.2. The highest BCUT2D eigenvalue weighted by Crippen LogP contribution is 2.42. The van der Waals surface area contributed by atoms with E-state index in [1.165, 1.54) is 0 Å². The molecule has 2 nitrogen and oxygen atoms in total. The van der Waals surface area contributed by atoms with Crippen LogP contribution in [0.25, 0.3) is 0 Å². The van der Waals surface area contributed by atoms with Crippen molar-refractivity contribution in [1.82, 2.24) is 0 Å². The lowest BCUT2D eigenvalue weighted by atomic mass is 9.77. The molecule has 1 atom stereocenters. The first kappa shape index (κ1) is 18.4. The monoisotopic (exact) mass is 346 g/mol. The molecule has 0 amide bonds. The van der Waals surface area contributed by atoms with E-state index in [-0.39, 0.29) is 0 Å². The Morgan fingerprint density at radius 3 is 1.42 bits per heavy atom. The van der Waals surface area contributed by atoms with Crippen LogP contribution in [-0.4, -0.2) is 10.2 Å². The normalized spacial score (nSPS) is 12.8. The second-order valence-corrected chi connectivity index (χ2v) is 7.33. The Bertz CT molecular complexity index is 821. The van der Waals surface area contributed by atoms with Crippen molar-refractivity contribution < 1.29 is 10.2 Å². The molecule has 134 valence electrons. The van der Waals surface area contributed by atoms with Crippen LogP contribution in [0.5, 0.6) is 0 Å². The molecule has 3 aromatic carbocycles. The van der Waals surface area contributed by atoms with Gasteiger partial charge in [-0.05, 0) is 44.4 Å². The van der Waals surface area contributed by atoms with Crippen molar-refractivity contribution in [3.05, 3.63) is 106 Å². The maximum Gasteiger partial charge on any atom is 0.145 e. The van der Waals surface area contributed by atoms with Gasteiger partial charge >= 0.3 is 0 Å². The molecule has 3 rings (SSSR count). The molecular weight excluding hydrogens is 320 g/mol. The van der Waals surface area contributed by atoms with Gasteiger partial charge in [-0.15, -0.1) is 0 Å². The summed E-state index contributed by atoms with van der Waals surface area (Å²) < 4.78 is 0. The number of hydrogen-bond acceptors (Lipinski definition) is 2. The van der Waals surface area contributed by atoms with Crippen molar-refractivity contribution in [3.8, 4) is 0 Å². The van der Waals surface area contributed by atoms with Gasteiger partial charge in [-0.1, -0.05) is 89.0 Å². The maximum atomic E-state index is 11.9. The first-order valence-electron chi connectivity index (χ1n) is 8.93. The van der Waals surface area contributed by atoms with Crippen LogP contribution in [-0.2, 0) is 5.60 Å². The van der Waals surface area contributed by atoms with E-state index in [0.717, 1.165) is 22.3 Å². The van der Waals surface area contributed by atoms with Crippen LogP contribution in [0, 0.1) is 27.7 Å². The fourth-order valence-corrected chi connectivity index (χ4v) is 3.75. The van der Waals surface area contributed by atoms with Crippen molar-refractivity contribution in [2.45, 2.75) is 39.4 Å². The molecule has 2 heteroatoms. The molecule has 2 N–H and O–H groups in total. The summed E-state index contributed by atoms with van der Waals surface area (Å²) in [6, 6.07) is 21.3. The summed E-state index contributed by atoms with van der Waals surface area (Å²) >= 11 is 0. The van der Waals surface area contributed by atoms with Crippen LogP contribution in [0.15, 0.2) is 66.7 Å². The van der Waals surface area contributed by atoms with Gasteiger partial charge in [-0.2, -0.15) is 0 Å². The third-order valence-corrected chi connectivity index (χ3v) is 4.83. The summed E-state index contributed by atoms with van der Waals surface area (Å²) in [6.45, 7) is 8.03. The molecule has 0 aliphatic rings. The minimum atomic E-state index is -1.53. The molecule has 0 saturated heterocycles. The second kappa shape index (κ2) is 7.06. The average molecular weight is 346 g/mol. The highest BCUT2D eigenvalue weighted by atomic mass is 16.3. The molecule has 0 spiro atoms. The van der Waals surface area contributed by atoms with Crippen LogP contribution in [0.4, 0.5) is 0 Å². The quantitative estimate of drug-likeness (QED) is 0.706.